The lowest BCUT2D eigenvalue weighted by Gasteiger charge is -2.27. The molecule has 2 N–H and O–H groups in total. The molecule has 2 heterocycles. The number of nitrogens with zero attached hydrogens (tertiary/aromatic N) is 3. The van der Waals surface area contributed by atoms with Crippen LogP contribution in [0.4, 0.5) is 5.69 Å². The van der Waals surface area contributed by atoms with Crippen LogP contribution in [0.1, 0.15) is 53.8 Å². The van der Waals surface area contributed by atoms with E-state index in [0.717, 1.165) is 30.8 Å². The van der Waals surface area contributed by atoms with Crippen LogP contribution in [0.2, 0.25) is 5.02 Å². The maximum atomic E-state index is 12.3. The van der Waals surface area contributed by atoms with Crippen molar-refractivity contribution in [3.63, 3.8) is 0 Å². The van der Waals surface area contributed by atoms with E-state index in [9.17, 15) is 9.59 Å². The van der Waals surface area contributed by atoms with Crippen LogP contribution in [-0.4, -0.2) is 59.2 Å². The molecule has 8 nitrogen and oxygen atoms in total. The molecule has 1 aliphatic heterocycles. The van der Waals surface area contributed by atoms with Crippen molar-refractivity contribution in [1.29, 1.82) is 0 Å². The Morgan fingerprint density at radius 1 is 1.22 bits per heavy atom. The van der Waals surface area contributed by atoms with E-state index in [2.05, 4.69) is 32.7 Å². The lowest BCUT2D eigenvalue weighted by Crippen LogP contribution is -2.37. The summed E-state index contributed by atoms with van der Waals surface area (Å²) in [5, 5.41) is 14.8. The van der Waals surface area contributed by atoms with Crippen LogP contribution in [0.25, 0.3) is 0 Å². The van der Waals surface area contributed by atoms with Gasteiger partial charge >= 0.3 is 0 Å². The van der Waals surface area contributed by atoms with Gasteiger partial charge in [0.15, 0.2) is 0 Å². The van der Waals surface area contributed by atoms with Crippen LogP contribution in [0.5, 0.6) is 0 Å². The number of amides is 2. The van der Waals surface area contributed by atoms with Crippen molar-refractivity contribution >= 4 is 40.4 Å². The summed E-state index contributed by atoms with van der Waals surface area (Å²) in [4.78, 5) is 26.8. The van der Waals surface area contributed by atoms with Gasteiger partial charge in [0.25, 0.3) is 5.91 Å². The first-order valence-electron chi connectivity index (χ1n) is 11.0. The smallest absolute Gasteiger partial charge is 0.286 e. The quantitative estimate of drug-likeness (QED) is 0.539. The molecule has 1 aliphatic rings. The van der Waals surface area contributed by atoms with E-state index in [-0.39, 0.29) is 30.0 Å². The number of nitrogens with one attached hydrogen (secondary N) is 2. The van der Waals surface area contributed by atoms with E-state index in [1.807, 2.05) is 0 Å². The molecule has 0 bridgehead atoms. The van der Waals surface area contributed by atoms with E-state index in [4.69, 9.17) is 16.3 Å². The molecular weight excluding hydrogens is 450 g/mol. The minimum absolute atomic E-state index is 0.0538. The molecule has 3 rings (SSSR count). The third kappa shape index (κ3) is 8.12. The van der Waals surface area contributed by atoms with Gasteiger partial charge in [-0.2, -0.15) is 0 Å². The monoisotopic (exact) mass is 479 g/mol. The van der Waals surface area contributed by atoms with Gasteiger partial charge in [-0.15, -0.1) is 10.2 Å². The average Bonchev–Trinajstić information content (AvgIpc) is 3.07. The van der Waals surface area contributed by atoms with Gasteiger partial charge in [-0.05, 0) is 57.5 Å². The zero-order valence-corrected chi connectivity index (χ0v) is 19.9. The van der Waals surface area contributed by atoms with E-state index in [0.29, 0.717) is 28.3 Å². The molecule has 2 amide bonds. The number of anilines is 1. The normalized spacial score (nSPS) is 15.7. The number of hydrogen-bond donors (Lipinski definition) is 2. The van der Waals surface area contributed by atoms with Gasteiger partial charge in [-0.25, -0.2) is 0 Å². The molecule has 1 aromatic heterocycles. The SMILES string of the molecule is C[C@H](CCNC(=O)COCc1nnc(C(=O)Nc2cccc(Cl)c2)s1)N1CCCCCC1. The second-order valence-corrected chi connectivity index (χ2v) is 9.39. The number of ether oxygens (including phenoxy) is 1. The maximum Gasteiger partial charge on any atom is 0.286 e. The number of carbonyl (C=O) groups is 2. The molecule has 0 unspecified atom stereocenters. The first-order chi connectivity index (χ1) is 15.5. The molecular formula is C22H30ClN5O3S. The van der Waals surface area contributed by atoms with Gasteiger partial charge in [-0.1, -0.05) is 41.8 Å². The second kappa shape index (κ2) is 12.8. The Morgan fingerprint density at radius 2 is 2.00 bits per heavy atom. The lowest BCUT2D eigenvalue weighted by atomic mass is 10.2. The maximum absolute atomic E-state index is 12.3. The van der Waals surface area contributed by atoms with Crippen molar-refractivity contribution in [2.24, 2.45) is 0 Å². The highest BCUT2D eigenvalue weighted by Crippen LogP contribution is 2.18. The molecule has 2 aromatic rings. The standard InChI is InChI=1S/C22H30ClN5O3S/c1-16(28-11-4-2-3-5-12-28)9-10-24-19(29)14-31-15-20-26-27-22(32-20)21(30)25-18-8-6-7-17(23)13-18/h6-8,13,16H,2-5,9-12,14-15H2,1H3,(H,24,29)(H,25,30)/t16-/m1/s1. The fourth-order valence-electron chi connectivity index (χ4n) is 3.58. The Kier molecular flexibility index (Phi) is 9.86. The zero-order valence-electron chi connectivity index (χ0n) is 18.3. The Hall–Kier alpha value is -2.07. The minimum Gasteiger partial charge on any atom is -0.364 e. The molecule has 0 saturated carbocycles. The van der Waals surface area contributed by atoms with Gasteiger partial charge in [0.2, 0.25) is 10.9 Å². The fourth-order valence-corrected chi connectivity index (χ4v) is 4.44. The number of rotatable bonds is 10. The van der Waals surface area contributed by atoms with E-state index < -0.39 is 0 Å². The molecule has 174 valence electrons. The van der Waals surface area contributed by atoms with Crippen molar-refractivity contribution in [2.45, 2.75) is 51.7 Å². The third-order valence-corrected chi connectivity index (χ3v) is 6.48. The van der Waals surface area contributed by atoms with E-state index in [1.54, 1.807) is 24.3 Å². The van der Waals surface area contributed by atoms with Crippen LogP contribution in [-0.2, 0) is 16.1 Å². The van der Waals surface area contributed by atoms with Crippen LogP contribution in [0, 0.1) is 0 Å². The summed E-state index contributed by atoms with van der Waals surface area (Å²) in [6.07, 6.45) is 6.09. The average molecular weight is 480 g/mol. The third-order valence-electron chi connectivity index (χ3n) is 5.35. The molecule has 10 heteroatoms. The summed E-state index contributed by atoms with van der Waals surface area (Å²) in [7, 11) is 0. The molecule has 1 aromatic carbocycles. The van der Waals surface area contributed by atoms with E-state index >= 15 is 0 Å². The Balaban J connectivity index is 1.32. The molecule has 32 heavy (non-hydrogen) atoms. The number of carbonyl (C=O) groups excluding carboxylic acids is 2. The molecule has 1 atom stereocenters. The topological polar surface area (TPSA) is 96.5 Å². The van der Waals surface area contributed by atoms with Crippen molar-refractivity contribution in [3.8, 4) is 0 Å². The van der Waals surface area contributed by atoms with Crippen LogP contribution >= 0.6 is 22.9 Å². The Bertz CT molecular complexity index is 886. The first kappa shape index (κ1) is 24.6. The first-order valence-corrected chi connectivity index (χ1v) is 12.2. The zero-order chi connectivity index (χ0) is 22.8. The van der Waals surface area contributed by atoms with Gasteiger partial charge in [0, 0.05) is 23.3 Å². The second-order valence-electron chi connectivity index (χ2n) is 7.90. The number of aromatic nitrogens is 2. The van der Waals surface area contributed by atoms with Crippen molar-refractivity contribution in [3.05, 3.63) is 39.3 Å². The summed E-state index contributed by atoms with van der Waals surface area (Å²) >= 11 is 7.05. The summed E-state index contributed by atoms with van der Waals surface area (Å²) in [6.45, 7) is 5.23. The summed E-state index contributed by atoms with van der Waals surface area (Å²) in [5.74, 6) is -0.524. The highest BCUT2D eigenvalue weighted by Gasteiger charge is 2.16. The van der Waals surface area contributed by atoms with E-state index in [1.165, 1.54) is 25.7 Å². The highest BCUT2D eigenvalue weighted by molar-refractivity contribution is 7.13. The van der Waals surface area contributed by atoms with Crippen molar-refractivity contribution in [2.75, 3.05) is 31.6 Å². The van der Waals surface area contributed by atoms with Crippen LogP contribution in [0.15, 0.2) is 24.3 Å². The number of hydrogen-bond acceptors (Lipinski definition) is 7. The Labute approximate surface area is 197 Å². The predicted molar refractivity (Wildman–Crippen MR) is 126 cm³/mol. The van der Waals surface area contributed by atoms with Gasteiger partial charge < -0.3 is 20.3 Å². The minimum atomic E-state index is -0.368. The highest BCUT2D eigenvalue weighted by atomic mass is 35.5. The largest absolute Gasteiger partial charge is 0.364 e. The molecule has 1 saturated heterocycles. The summed E-state index contributed by atoms with van der Waals surface area (Å²) in [6, 6.07) is 7.33. The van der Waals surface area contributed by atoms with Crippen molar-refractivity contribution in [1.82, 2.24) is 20.4 Å². The molecule has 0 aliphatic carbocycles. The Morgan fingerprint density at radius 3 is 2.75 bits per heavy atom. The fraction of sp³-hybridized carbons (Fsp3) is 0.545. The molecule has 0 radical (unpaired) electrons. The molecule has 0 spiro atoms. The summed E-state index contributed by atoms with van der Waals surface area (Å²) < 4.78 is 5.44. The number of halogens is 1. The number of benzene rings is 1. The van der Waals surface area contributed by atoms with Gasteiger partial charge in [-0.3, -0.25) is 9.59 Å². The van der Waals surface area contributed by atoms with Crippen LogP contribution < -0.4 is 10.6 Å². The number of likely N-dealkylation sites (tertiary alicyclic amines) is 1. The van der Waals surface area contributed by atoms with Crippen LogP contribution in [0.3, 0.4) is 0 Å². The van der Waals surface area contributed by atoms with Gasteiger partial charge in [0.1, 0.15) is 18.2 Å². The summed E-state index contributed by atoms with van der Waals surface area (Å²) in [5.41, 5.74) is 0.581. The molecule has 1 fully saturated rings. The lowest BCUT2D eigenvalue weighted by molar-refractivity contribution is -0.126. The van der Waals surface area contributed by atoms with Crippen molar-refractivity contribution < 1.29 is 14.3 Å². The predicted octanol–water partition coefficient (Wildman–Crippen LogP) is 3.73. The van der Waals surface area contributed by atoms with Gasteiger partial charge in [0.05, 0.1) is 0 Å².